The standard InChI is InChI=1S/C13H15BrN4/c1-4-9-10(14)12(15)18-13(17-9)11-8(3)5-7(2)6-16-11/h5-6H,4H2,1-3H3,(H2,15,17,18). The third kappa shape index (κ3) is 2.36. The Balaban J connectivity index is 2.60. The molecule has 0 aliphatic carbocycles. The molecule has 0 atom stereocenters. The highest BCUT2D eigenvalue weighted by molar-refractivity contribution is 9.10. The van der Waals surface area contributed by atoms with Gasteiger partial charge in [-0.15, -0.1) is 0 Å². The number of nitrogens with zero attached hydrogens (tertiary/aromatic N) is 3. The first-order valence-electron chi connectivity index (χ1n) is 5.78. The van der Waals surface area contributed by atoms with Gasteiger partial charge in [0.2, 0.25) is 0 Å². The number of nitrogens with two attached hydrogens (primary N) is 1. The van der Waals surface area contributed by atoms with Gasteiger partial charge in [-0.1, -0.05) is 13.0 Å². The molecule has 94 valence electrons. The van der Waals surface area contributed by atoms with Crippen molar-refractivity contribution in [1.29, 1.82) is 0 Å². The van der Waals surface area contributed by atoms with Crippen LogP contribution in [0.2, 0.25) is 0 Å². The molecule has 0 saturated carbocycles. The van der Waals surface area contributed by atoms with E-state index in [1.807, 2.05) is 27.0 Å². The molecule has 18 heavy (non-hydrogen) atoms. The summed E-state index contributed by atoms with van der Waals surface area (Å²) >= 11 is 3.41. The fourth-order valence-corrected chi connectivity index (χ4v) is 2.26. The van der Waals surface area contributed by atoms with E-state index in [-0.39, 0.29) is 0 Å². The number of nitrogen functional groups attached to an aromatic ring is 1. The molecule has 2 rings (SSSR count). The summed E-state index contributed by atoms with van der Waals surface area (Å²) in [6, 6.07) is 2.07. The zero-order chi connectivity index (χ0) is 13.3. The van der Waals surface area contributed by atoms with E-state index in [1.165, 1.54) is 0 Å². The molecule has 0 aromatic carbocycles. The van der Waals surface area contributed by atoms with Gasteiger partial charge < -0.3 is 5.73 Å². The van der Waals surface area contributed by atoms with E-state index < -0.39 is 0 Å². The highest BCUT2D eigenvalue weighted by atomic mass is 79.9. The van der Waals surface area contributed by atoms with Crippen molar-refractivity contribution in [2.75, 3.05) is 5.73 Å². The molecule has 0 spiro atoms. The zero-order valence-electron chi connectivity index (χ0n) is 10.7. The van der Waals surface area contributed by atoms with Gasteiger partial charge in [0, 0.05) is 6.20 Å². The van der Waals surface area contributed by atoms with Crippen molar-refractivity contribution in [3.8, 4) is 11.5 Å². The Hall–Kier alpha value is -1.49. The van der Waals surface area contributed by atoms with Crippen LogP contribution in [-0.4, -0.2) is 15.0 Å². The molecule has 0 unspecified atom stereocenters. The van der Waals surface area contributed by atoms with E-state index in [1.54, 1.807) is 0 Å². The summed E-state index contributed by atoms with van der Waals surface area (Å²) in [4.78, 5) is 13.2. The van der Waals surface area contributed by atoms with Crippen LogP contribution in [0, 0.1) is 13.8 Å². The molecule has 2 aromatic rings. The van der Waals surface area contributed by atoms with Crippen molar-refractivity contribution in [1.82, 2.24) is 15.0 Å². The first kappa shape index (κ1) is 13.0. The zero-order valence-corrected chi connectivity index (χ0v) is 12.2. The highest BCUT2D eigenvalue weighted by Crippen LogP contribution is 2.26. The van der Waals surface area contributed by atoms with Crippen LogP contribution in [-0.2, 0) is 6.42 Å². The Morgan fingerprint density at radius 1 is 1.28 bits per heavy atom. The minimum absolute atomic E-state index is 0.457. The third-order valence-electron chi connectivity index (χ3n) is 2.71. The maximum Gasteiger partial charge on any atom is 0.180 e. The van der Waals surface area contributed by atoms with Crippen LogP contribution in [0.3, 0.4) is 0 Å². The summed E-state index contributed by atoms with van der Waals surface area (Å²) in [6.45, 7) is 6.05. The van der Waals surface area contributed by atoms with Crippen LogP contribution in [0.15, 0.2) is 16.7 Å². The van der Waals surface area contributed by atoms with Gasteiger partial charge in [-0.05, 0) is 47.3 Å². The largest absolute Gasteiger partial charge is 0.383 e. The van der Waals surface area contributed by atoms with Gasteiger partial charge in [-0.25, -0.2) is 9.97 Å². The molecule has 0 fully saturated rings. The Labute approximate surface area is 115 Å². The molecule has 2 N–H and O–H groups in total. The van der Waals surface area contributed by atoms with Crippen LogP contribution >= 0.6 is 15.9 Å². The van der Waals surface area contributed by atoms with Crippen molar-refractivity contribution in [3.05, 3.63) is 33.6 Å². The lowest BCUT2D eigenvalue weighted by Gasteiger charge is -2.09. The predicted molar refractivity (Wildman–Crippen MR) is 76.2 cm³/mol. The summed E-state index contributed by atoms with van der Waals surface area (Å²) < 4.78 is 0.776. The first-order valence-corrected chi connectivity index (χ1v) is 6.57. The van der Waals surface area contributed by atoms with Gasteiger partial charge in [0.05, 0.1) is 10.2 Å². The lowest BCUT2D eigenvalue weighted by Crippen LogP contribution is -2.04. The van der Waals surface area contributed by atoms with Gasteiger partial charge in [0.15, 0.2) is 5.82 Å². The Bertz CT molecular complexity index is 596. The van der Waals surface area contributed by atoms with Crippen molar-refractivity contribution < 1.29 is 0 Å². The van der Waals surface area contributed by atoms with Crippen molar-refractivity contribution in [2.45, 2.75) is 27.2 Å². The number of rotatable bonds is 2. The molecule has 4 nitrogen and oxygen atoms in total. The van der Waals surface area contributed by atoms with Gasteiger partial charge >= 0.3 is 0 Å². The summed E-state index contributed by atoms with van der Waals surface area (Å²) in [7, 11) is 0. The minimum Gasteiger partial charge on any atom is -0.383 e. The second-order valence-corrected chi connectivity index (χ2v) is 5.02. The van der Waals surface area contributed by atoms with Gasteiger partial charge in [-0.2, -0.15) is 0 Å². The normalized spacial score (nSPS) is 10.7. The second-order valence-electron chi connectivity index (χ2n) is 4.22. The SMILES string of the molecule is CCc1nc(-c2ncc(C)cc2C)nc(N)c1Br. The van der Waals surface area contributed by atoms with Crippen molar-refractivity contribution in [2.24, 2.45) is 0 Å². The van der Waals surface area contributed by atoms with E-state index in [9.17, 15) is 0 Å². The maximum atomic E-state index is 5.89. The molecular formula is C13H15BrN4. The Morgan fingerprint density at radius 3 is 2.61 bits per heavy atom. The molecule has 0 saturated heterocycles. The number of aryl methyl sites for hydroxylation is 3. The topological polar surface area (TPSA) is 64.7 Å². The monoisotopic (exact) mass is 306 g/mol. The number of pyridine rings is 1. The third-order valence-corrected chi connectivity index (χ3v) is 3.57. The molecule has 0 aliphatic heterocycles. The van der Waals surface area contributed by atoms with Crippen molar-refractivity contribution >= 4 is 21.7 Å². The van der Waals surface area contributed by atoms with Crippen LogP contribution in [0.4, 0.5) is 5.82 Å². The summed E-state index contributed by atoms with van der Waals surface area (Å²) in [6.07, 6.45) is 2.61. The molecule has 2 heterocycles. The molecule has 0 amide bonds. The summed E-state index contributed by atoms with van der Waals surface area (Å²) in [5, 5.41) is 0. The van der Waals surface area contributed by atoms with E-state index in [4.69, 9.17) is 5.73 Å². The fourth-order valence-electron chi connectivity index (χ4n) is 1.80. The fraction of sp³-hybridized carbons (Fsp3) is 0.308. The molecule has 0 aliphatic rings. The van der Waals surface area contributed by atoms with Crippen LogP contribution in [0.25, 0.3) is 11.5 Å². The van der Waals surface area contributed by atoms with Gasteiger partial charge in [0.25, 0.3) is 0 Å². The average molecular weight is 307 g/mol. The number of halogens is 1. The maximum absolute atomic E-state index is 5.89. The molecule has 5 heteroatoms. The predicted octanol–water partition coefficient (Wildman–Crippen LogP) is 3.06. The van der Waals surface area contributed by atoms with E-state index >= 15 is 0 Å². The molecular weight excluding hydrogens is 292 g/mol. The number of anilines is 1. The Morgan fingerprint density at radius 2 is 2.00 bits per heavy atom. The average Bonchev–Trinajstić information content (AvgIpc) is 2.32. The van der Waals surface area contributed by atoms with Crippen LogP contribution in [0.5, 0.6) is 0 Å². The molecule has 0 bridgehead atoms. The number of hydrogen-bond acceptors (Lipinski definition) is 4. The van der Waals surface area contributed by atoms with Gasteiger partial charge in [0.1, 0.15) is 11.5 Å². The summed E-state index contributed by atoms with van der Waals surface area (Å²) in [5.74, 6) is 1.05. The van der Waals surface area contributed by atoms with Crippen LogP contribution in [0.1, 0.15) is 23.7 Å². The number of aromatic nitrogens is 3. The number of hydrogen-bond donors (Lipinski definition) is 1. The Kier molecular flexibility index (Phi) is 3.61. The summed E-state index contributed by atoms with van der Waals surface area (Å²) in [5.41, 5.74) is 9.75. The highest BCUT2D eigenvalue weighted by Gasteiger charge is 2.12. The quantitative estimate of drug-likeness (QED) is 0.926. The second kappa shape index (κ2) is 5.02. The van der Waals surface area contributed by atoms with Gasteiger partial charge in [-0.3, -0.25) is 4.98 Å². The molecule has 2 aromatic heterocycles. The lowest BCUT2D eigenvalue weighted by atomic mass is 10.1. The molecule has 0 radical (unpaired) electrons. The minimum atomic E-state index is 0.457. The van der Waals surface area contributed by atoms with Crippen molar-refractivity contribution in [3.63, 3.8) is 0 Å². The van der Waals surface area contributed by atoms with E-state index in [0.717, 1.165) is 33.4 Å². The lowest BCUT2D eigenvalue weighted by molar-refractivity contribution is 0.985. The first-order chi connectivity index (χ1) is 8.52. The van der Waals surface area contributed by atoms with E-state index in [2.05, 4.69) is 36.9 Å². The smallest absolute Gasteiger partial charge is 0.180 e. The van der Waals surface area contributed by atoms with Crippen LogP contribution < -0.4 is 5.73 Å². The van der Waals surface area contributed by atoms with E-state index in [0.29, 0.717) is 11.6 Å².